The van der Waals surface area contributed by atoms with Gasteiger partial charge in [-0.05, 0) is 18.2 Å². The lowest BCUT2D eigenvalue weighted by molar-refractivity contribution is 1.22. The highest BCUT2D eigenvalue weighted by Crippen LogP contribution is 2.31. The van der Waals surface area contributed by atoms with Gasteiger partial charge in [-0.1, -0.05) is 22.9 Å². The number of aromatic nitrogens is 2. The highest BCUT2D eigenvalue weighted by atomic mass is 35.5. The molecule has 0 saturated heterocycles. The number of nitrogens with one attached hydrogen (secondary N) is 1. The molecule has 2 aromatic heterocycles. The molecule has 1 N–H and O–H groups in total. The Bertz CT molecular complexity index is 692. The van der Waals surface area contributed by atoms with E-state index in [1.165, 1.54) is 11.3 Å². The molecule has 0 aliphatic heterocycles. The highest BCUT2D eigenvalue weighted by molar-refractivity contribution is 7.22. The Labute approximate surface area is 121 Å². The Morgan fingerprint density at radius 1 is 1.22 bits per heavy atom. The van der Waals surface area contributed by atoms with Gasteiger partial charge in [0.2, 0.25) is 0 Å². The zero-order valence-corrected chi connectivity index (χ0v) is 12.1. The summed E-state index contributed by atoms with van der Waals surface area (Å²) in [6.45, 7) is 0. The van der Waals surface area contributed by atoms with E-state index in [2.05, 4.69) is 15.3 Å². The molecule has 2 heterocycles. The number of nitrogens with zero attached hydrogens (tertiary/aromatic N) is 2. The third kappa shape index (κ3) is 2.44. The molecule has 0 bridgehead atoms. The molecule has 0 saturated carbocycles. The molecular weight excluding hydrogens is 309 g/mol. The van der Waals surface area contributed by atoms with Crippen LogP contribution < -0.4 is 5.32 Å². The van der Waals surface area contributed by atoms with Gasteiger partial charge >= 0.3 is 0 Å². The number of anilines is 2. The van der Waals surface area contributed by atoms with Gasteiger partial charge in [-0.3, -0.25) is 0 Å². The second-order valence-corrected chi connectivity index (χ2v) is 6.13. The summed E-state index contributed by atoms with van der Waals surface area (Å²) in [6.07, 6.45) is 0. The van der Waals surface area contributed by atoms with Crippen LogP contribution in [0.2, 0.25) is 5.02 Å². The smallest absolute Gasteiger partial charge is 0.190 e. The van der Waals surface area contributed by atoms with E-state index in [1.54, 1.807) is 11.3 Å². The van der Waals surface area contributed by atoms with Gasteiger partial charge in [0.15, 0.2) is 10.3 Å². The zero-order valence-electron chi connectivity index (χ0n) is 8.98. The number of hydrogen-bond acceptors (Lipinski definition) is 5. The molecule has 0 atom stereocenters. The van der Waals surface area contributed by atoms with Crippen molar-refractivity contribution < 1.29 is 0 Å². The molecule has 3 rings (SSSR count). The van der Waals surface area contributed by atoms with E-state index in [0.717, 1.165) is 31.2 Å². The van der Waals surface area contributed by atoms with Gasteiger partial charge < -0.3 is 5.32 Å². The Hall–Kier alpha value is -0.880. The first kappa shape index (κ1) is 12.2. The molecule has 3 aromatic rings. The Morgan fingerprint density at radius 3 is 2.89 bits per heavy atom. The SMILES string of the molecule is ClCc1csc(Nc2nc3ccc(Cl)cc3s2)n1. The molecule has 0 unspecified atom stereocenters. The normalized spacial score (nSPS) is 11.0. The number of rotatable bonds is 3. The van der Waals surface area contributed by atoms with Crippen LogP contribution in [-0.2, 0) is 5.88 Å². The standard InChI is InChI=1S/C11H7Cl2N3S2/c12-4-7-5-17-10(14-7)16-11-15-8-2-1-6(13)3-9(8)18-11/h1-3,5H,4H2,(H,14,15,16). The first-order chi connectivity index (χ1) is 8.74. The molecule has 3 nitrogen and oxygen atoms in total. The number of halogens is 2. The molecule has 1 aromatic carbocycles. The molecule has 7 heteroatoms. The predicted octanol–water partition coefficient (Wildman–Crippen LogP) is 4.89. The third-order valence-electron chi connectivity index (χ3n) is 2.25. The maximum absolute atomic E-state index is 5.94. The van der Waals surface area contributed by atoms with Crippen LogP contribution in [0, 0.1) is 0 Å². The zero-order chi connectivity index (χ0) is 12.5. The summed E-state index contributed by atoms with van der Waals surface area (Å²) in [5.74, 6) is 0.424. The second-order valence-electron chi connectivity index (χ2n) is 3.53. The van der Waals surface area contributed by atoms with Crippen LogP contribution in [-0.4, -0.2) is 9.97 Å². The Balaban J connectivity index is 1.90. The van der Waals surface area contributed by atoms with Crippen molar-refractivity contribution in [3.63, 3.8) is 0 Å². The fraction of sp³-hybridized carbons (Fsp3) is 0.0909. The molecule has 0 amide bonds. The van der Waals surface area contributed by atoms with Crippen LogP contribution in [0.25, 0.3) is 10.2 Å². The fourth-order valence-corrected chi connectivity index (χ4v) is 3.61. The molecular formula is C11H7Cl2N3S2. The van der Waals surface area contributed by atoms with Crippen molar-refractivity contribution in [3.05, 3.63) is 34.3 Å². The average Bonchev–Trinajstić information content (AvgIpc) is 2.95. The van der Waals surface area contributed by atoms with Crippen LogP contribution in [0.5, 0.6) is 0 Å². The summed E-state index contributed by atoms with van der Waals surface area (Å²) in [7, 11) is 0. The van der Waals surface area contributed by atoms with E-state index in [9.17, 15) is 0 Å². The van der Waals surface area contributed by atoms with Crippen molar-refractivity contribution in [1.29, 1.82) is 0 Å². The topological polar surface area (TPSA) is 37.8 Å². The maximum Gasteiger partial charge on any atom is 0.190 e. The van der Waals surface area contributed by atoms with Gasteiger partial charge in [-0.2, -0.15) is 0 Å². The third-order valence-corrected chi connectivity index (χ3v) is 4.50. The molecule has 0 spiro atoms. The summed E-state index contributed by atoms with van der Waals surface area (Å²) in [5.41, 5.74) is 1.80. The Kier molecular flexibility index (Phi) is 3.39. The summed E-state index contributed by atoms with van der Waals surface area (Å²) in [4.78, 5) is 8.79. The number of alkyl halides is 1. The summed E-state index contributed by atoms with van der Waals surface area (Å²) >= 11 is 14.7. The van der Waals surface area contributed by atoms with Crippen molar-refractivity contribution in [1.82, 2.24) is 9.97 Å². The minimum absolute atomic E-state index is 0.424. The average molecular weight is 316 g/mol. The van der Waals surface area contributed by atoms with Crippen molar-refractivity contribution in [2.45, 2.75) is 5.88 Å². The van der Waals surface area contributed by atoms with Crippen LogP contribution in [0.1, 0.15) is 5.69 Å². The first-order valence-corrected chi connectivity index (χ1v) is 7.69. The molecule has 0 aliphatic rings. The van der Waals surface area contributed by atoms with Crippen molar-refractivity contribution in [2.75, 3.05) is 5.32 Å². The van der Waals surface area contributed by atoms with Crippen LogP contribution in [0.15, 0.2) is 23.6 Å². The fourth-order valence-electron chi connectivity index (χ4n) is 1.47. The second kappa shape index (κ2) is 5.01. The van der Waals surface area contributed by atoms with Gasteiger partial charge in [-0.15, -0.1) is 22.9 Å². The number of fused-ring (bicyclic) bond motifs is 1. The van der Waals surface area contributed by atoms with E-state index in [-0.39, 0.29) is 0 Å². The lowest BCUT2D eigenvalue weighted by Crippen LogP contribution is -1.88. The van der Waals surface area contributed by atoms with Crippen molar-refractivity contribution >= 4 is 66.4 Å². The largest absolute Gasteiger partial charge is 0.307 e. The molecule has 18 heavy (non-hydrogen) atoms. The van der Waals surface area contributed by atoms with Gasteiger partial charge in [0.25, 0.3) is 0 Å². The van der Waals surface area contributed by atoms with Crippen LogP contribution in [0.4, 0.5) is 10.3 Å². The number of thiazole rings is 2. The van der Waals surface area contributed by atoms with E-state index in [0.29, 0.717) is 5.88 Å². The predicted molar refractivity (Wildman–Crippen MR) is 79.6 cm³/mol. The summed E-state index contributed by atoms with van der Waals surface area (Å²) in [5, 5.41) is 7.44. The van der Waals surface area contributed by atoms with Gasteiger partial charge in [0.1, 0.15) is 0 Å². The minimum Gasteiger partial charge on any atom is -0.307 e. The van der Waals surface area contributed by atoms with Gasteiger partial charge in [-0.25, -0.2) is 9.97 Å². The van der Waals surface area contributed by atoms with E-state index in [4.69, 9.17) is 23.2 Å². The monoisotopic (exact) mass is 315 g/mol. The number of benzene rings is 1. The van der Waals surface area contributed by atoms with E-state index < -0.39 is 0 Å². The molecule has 0 radical (unpaired) electrons. The van der Waals surface area contributed by atoms with E-state index in [1.807, 2.05) is 23.6 Å². The number of hydrogen-bond donors (Lipinski definition) is 1. The minimum atomic E-state index is 0.424. The molecule has 0 fully saturated rings. The van der Waals surface area contributed by atoms with Gasteiger partial charge in [0.05, 0.1) is 21.8 Å². The Morgan fingerprint density at radius 2 is 2.11 bits per heavy atom. The van der Waals surface area contributed by atoms with Crippen molar-refractivity contribution in [2.24, 2.45) is 0 Å². The lowest BCUT2D eigenvalue weighted by Gasteiger charge is -1.94. The van der Waals surface area contributed by atoms with Gasteiger partial charge in [0, 0.05) is 10.4 Å². The van der Waals surface area contributed by atoms with Crippen LogP contribution >= 0.6 is 45.9 Å². The quantitative estimate of drug-likeness (QED) is 0.699. The first-order valence-electron chi connectivity index (χ1n) is 5.08. The summed E-state index contributed by atoms with van der Waals surface area (Å²) in [6, 6.07) is 5.65. The van der Waals surface area contributed by atoms with Crippen molar-refractivity contribution in [3.8, 4) is 0 Å². The summed E-state index contributed by atoms with van der Waals surface area (Å²) < 4.78 is 1.05. The van der Waals surface area contributed by atoms with E-state index >= 15 is 0 Å². The van der Waals surface area contributed by atoms with Crippen LogP contribution in [0.3, 0.4) is 0 Å². The molecule has 92 valence electrons. The molecule has 0 aliphatic carbocycles. The maximum atomic E-state index is 5.94. The highest BCUT2D eigenvalue weighted by Gasteiger charge is 2.07. The lowest BCUT2D eigenvalue weighted by atomic mass is 10.3.